The molecule has 7 heteroatoms. The maximum absolute atomic E-state index is 8.88. The van der Waals surface area contributed by atoms with Gasteiger partial charge in [-0.25, -0.2) is 4.57 Å². The molecule has 1 heterocycles. The van der Waals surface area contributed by atoms with Crippen molar-refractivity contribution in [3.63, 3.8) is 0 Å². The van der Waals surface area contributed by atoms with E-state index in [2.05, 4.69) is 5.32 Å². The van der Waals surface area contributed by atoms with E-state index < -0.39 is 7.82 Å². The minimum absolute atomic E-state index is 0. The van der Waals surface area contributed by atoms with Crippen LogP contribution in [0.15, 0.2) is 36.7 Å². The Kier molecular flexibility index (Phi) is 8.68. The van der Waals surface area contributed by atoms with Crippen LogP contribution in [0.4, 0.5) is 0 Å². The molecule has 0 spiro atoms. The van der Waals surface area contributed by atoms with Gasteiger partial charge in [0.05, 0.1) is 0 Å². The zero-order valence-corrected chi connectivity index (χ0v) is 7.56. The second kappa shape index (κ2) is 7.72. The topological polar surface area (TPSA) is 121 Å². The molecule has 0 saturated heterocycles. The van der Waals surface area contributed by atoms with E-state index in [-0.39, 0.29) is 5.48 Å². The molecular formula is C6H12NO5P. The molecule has 0 aromatic heterocycles. The molecule has 0 saturated carbocycles. The maximum atomic E-state index is 8.88. The lowest BCUT2D eigenvalue weighted by Gasteiger charge is -1.82. The molecule has 1 aliphatic rings. The molecule has 1 aliphatic heterocycles. The van der Waals surface area contributed by atoms with Crippen LogP contribution in [-0.4, -0.2) is 20.2 Å². The molecule has 0 atom stereocenters. The minimum Gasteiger partial charge on any atom is -0.412 e. The fourth-order valence-corrected chi connectivity index (χ4v) is 0.406. The van der Waals surface area contributed by atoms with E-state index in [1.807, 2.05) is 36.7 Å². The summed E-state index contributed by atoms with van der Waals surface area (Å²) < 4.78 is 8.88. The SMILES string of the molecule is C1=CC=CNC=C1.O.O=P(O)(O)O. The predicted molar refractivity (Wildman–Crippen MR) is 48.4 cm³/mol. The van der Waals surface area contributed by atoms with Crippen molar-refractivity contribution in [2.24, 2.45) is 0 Å². The molecule has 0 fully saturated rings. The van der Waals surface area contributed by atoms with E-state index in [0.29, 0.717) is 0 Å². The smallest absolute Gasteiger partial charge is 0.412 e. The Morgan fingerprint density at radius 3 is 1.54 bits per heavy atom. The average Bonchev–Trinajstić information content (AvgIpc) is 2.10. The highest BCUT2D eigenvalue weighted by molar-refractivity contribution is 7.45. The largest absolute Gasteiger partial charge is 0.466 e. The third kappa shape index (κ3) is 24.7. The zero-order valence-electron chi connectivity index (χ0n) is 6.66. The Morgan fingerprint density at radius 2 is 1.23 bits per heavy atom. The summed E-state index contributed by atoms with van der Waals surface area (Å²) in [7, 11) is -4.64. The lowest BCUT2D eigenvalue weighted by Crippen LogP contribution is -1.87. The van der Waals surface area contributed by atoms with Crippen molar-refractivity contribution in [3.8, 4) is 0 Å². The number of hydrogen-bond acceptors (Lipinski definition) is 2. The molecule has 6 nitrogen and oxygen atoms in total. The van der Waals surface area contributed by atoms with Gasteiger partial charge in [-0.05, 0) is 12.2 Å². The van der Waals surface area contributed by atoms with Gasteiger partial charge in [0.25, 0.3) is 0 Å². The highest BCUT2D eigenvalue weighted by Crippen LogP contribution is 2.25. The van der Waals surface area contributed by atoms with Crippen LogP contribution < -0.4 is 5.32 Å². The van der Waals surface area contributed by atoms with E-state index in [1.54, 1.807) is 0 Å². The molecule has 0 aliphatic carbocycles. The Balaban J connectivity index is 0. The van der Waals surface area contributed by atoms with Gasteiger partial charge >= 0.3 is 7.82 Å². The van der Waals surface area contributed by atoms with Crippen molar-refractivity contribution in [2.75, 3.05) is 0 Å². The summed E-state index contributed by atoms with van der Waals surface area (Å²) in [6, 6.07) is 0. The van der Waals surface area contributed by atoms with Crippen LogP contribution >= 0.6 is 7.82 Å². The first kappa shape index (κ1) is 14.6. The molecule has 1 rings (SSSR count). The van der Waals surface area contributed by atoms with Crippen LogP contribution in [0, 0.1) is 0 Å². The Morgan fingerprint density at radius 1 is 0.923 bits per heavy atom. The summed E-state index contributed by atoms with van der Waals surface area (Å²) >= 11 is 0. The quantitative estimate of drug-likeness (QED) is 0.397. The van der Waals surface area contributed by atoms with E-state index in [0.717, 1.165) is 0 Å². The summed E-state index contributed by atoms with van der Waals surface area (Å²) in [5.74, 6) is 0. The number of nitrogens with one attached hydrogen (secondary N) is 1. The third-order valence-electron chi connectivity index (χ3n) is 0.718. The highest BCUT2D eigenvalue weighted by atomic mass is 31.2. The average molecular weight is 209 g/mol. The van der Waals surface area contributed by atoms with Crippen LogP contribution in [0.5, 0.6) is 0 Å². The van der Waals surface area contributed by atoms with Crippen molar-refractivity contribution in [2.45, 2.75) is 0 Å². The van der Waals surface area contributed by atoms with Crippen molar-refractivity contribution in [1.82, 2.24) is 5.32 Å². The van der Waals surface area contributed by atoms with Crippen LogP contribution in [0.1, 0.15) is 0 Å². The van der Waals surface area contributed by atoms with Crippen molar-refractivity contribution >= 4 is 7.82 Å². The molecule has 0 unspecified atom stereocenters. The predicted octanol–water partition coefficient (Wildman–Crippen LogP) is -0.580. The van der Waals surface area contributed by atoms with Gasteiger partial charge in [0, 0.05) is 12.4 Å². The second-order valence-corrected chi connectivity index (χ2v) is 2.81. The van der Waals surface area contributed by atoms with Crippen molar-refractivity contribution in [3.05, 3.63) is 36.7 Å². The van der Waals surface area contributed by atoms with Crippen LogP contribution in [-0.2, 0) is 4.57 Å². The molecule has 0 aromatic rings. The molecule has 0 bridgehead atoms. The van der Waals surface area contributed by atoms with E-state index in [1.165, 1.54) is 0 Å². The Labute approximate surface area is 75.5 Å². The summed E-state index contributed by atoms with van der Waals surface area (Å²) in [4.78, 5) is 21.6. The van der Waals surface area contributed by atoms with Gasteiger partial charge in [-0.15, -0.1) is 0 Å². The molecule has 13 heavy (non-hydrogen) atoms. The Hall–Kier alpha value is -0.910. The van der Waals surface area contributed by atoms with E-state index in [4.69, 9.17) is 19.2 Å². The van der Waals surface area contributed by atoms with Gasteiger partial charge in [-0.2, -0.15) is 0 Å². The summed E-state index contributed by atoms with van der Waals surface area (Å²) in [6.45, 7) is 0. The van der Waals surface area contributed by atoms with Crippen LogP contribution in [0.25, 0.3) is 0 Å². The summed E-state index contributed by atoms with van der Waals surface area (Å²) in [5, 5.41) is 2.92. The first-order valence-electron chi connectivity index (χ1n) is 3.03. The summed E-state index contributed by atoms with van der Waals surface area (Å²) in [6.07, 6.45) is 11.6. The third-order valence-corrected chi connectivity index (χ3v) is 0.718. The van der Waals surface area contributed by atoms with Gasteiger partial charge in [-0.1, -0.05) is 12.2 Å². The Bertz CT molecular complexity index is 219. The highest BCUT2D eigenvalue weighted by Gasteiger charge is 2.00. The van der Waals surface area contributed by atoms with Crippen molar-refractivity contribution < 1.29 is 24.7 Å². The molecule has 0 radical (unpaired) electrons. The molecular weight excluding hydrogens is 197 g/mol. The van der Waals surface area contributed by atoms with Crippen LogP contribution in [0.2, 0.25) is 0 Å². The first-order chi connectivity index (χ1) is 5.50. The van der Waals surface area contributed by atoms with Gasteiger partial charge in [0.15, 0.2) is 0 Å². The second-order valence-electron chi connectivity index (χ2n) is 1.78. The van der Waals surface area contributed by atoms with Gasteiger partial charge < -0.3 is 25.5 Å². The van der Waals surface area contributed by atoms with Gasteiger partial charge in [0.1, 0.15) is 0 Å². The molecule has 6 N–H and O–H groups in total. The standard InChI is InChI=1S/C6H7N.H3O4P.H2O/c1-2-4-6-7-5-3-1;1-5(2,3)4;/h1-7H;(H3,1,2,3,4);1H2. The number of hydrogen-bond donors (Lipinski definition) is 4. The number of phosphoric acid groups is 1. The monoisotopic (exact) mass is 209 g/mol. The number of allylic oxidation sites excluding steroid dienone is 4. The normalized spacial score (nSPS) is 13.2. The van der Waals surface area contributed by atoms with Gasteiger partial charge in [0.2, 0.25) is 0 Å². The van der Waals surface area contributed by atoms with Crippen molar-refractivity contribution in [1.29, 1.82) is 0 Å². The maximum Gasteiger partial charge on any atom is 0.466 e. The lowest BCUT2D eigenvalue weighted by atomic mass is 10.5. The minimum atomic E-state index is -4.64. The summed E-state index contributed by atoms with van der Waals surface area (Å²) in [5.41, 5.74) is 0. The van der Waals surface area contributed by atoms with E-state index in [9.17, 15) is 0 Å². The molecule has 76 valence electrons. The van der Waals surface area contributed by atoms with E-state index >= 15 is 0 Å². The van der Waals surface area contributed by atoms with Gasteiger partial charge in [-0.3, -0.25) is 0 Å². The number of rotatable bonds is 0. The zero-order chi connectivity index (χ0) is 9.45. The fourth-order valence-electron chi connectivity index (χ4n) is 0.406. The molecule has 0 aromatic carbocycles. The molecule has 0 amide bonds. The lowest BCUT2D eigenvalue weighted by molar-refractivity contribution is 0.275. The first-order valence-corrected chi connectivity index (χ1v) is 4.59. The van der Waals surface area contributed by atoms with Crippen LogP contribution in [0.3, 0.4) is 0 Å². The fraction of sp³-hybridized carbons (Fsp3) is 0.